The lowest BCUT2D eigenvalue weighted by Gasteiger charge is -2.26. The summed E-state index contributed by atoms with van der Waals surface area (Å²) in [6.45, 7) is 6.83. The number of benzene rings is 1. The van der Waals surface area contributed by atoms with Crippen molar-refractivity contribution in [2.75, 3.05) is 26.9 Å². The molecule has 2 rings (SSSR count). The van der Waals surface area contributed by atoms with E-state index in [1.54, 1.807) is 7.11 Å². The van der Waals surface area contributed by atoms with Crippen LogP contribution in [-0.2, 0) is 4.74 Å². The van der Waals surface area contributed by atoms with Crippen LogP contribution in [0.5, 0.6) is 5.75 Å². The zero-order valence-corrected chi connectivity index (χ0v) is 10.8. The molecule has 1 heterocycles. The molecule has 94 valence electrons. The summed E-state index contributed by atoms with van der Waals surface area (Å²) in [5.74, 6) is 1.47. The highest BCUT2D eigenvalue weighted by atomic mass is 16.5. The number of methoxy groups -OCH3 is 1. The molecule has 0 bridgehead atoms. The first-order valence-corrected chi connectivity index (χ1v) is 6.21. The normalized spacial score (nSPS) is 20.6. The van der Waals surface area contributed by atoms with Gasteiger partial charge in [-0.1, -0.05) is 26.0 Å². The van der Waals surface area contributed by atoms with E-state index in [2.05, 4.69) is 37.4 Å². The topological polar surface area (TPSA) is 30.5 Å². The Balaban J connectivity index is 2.30. The van der Waals surface area contributed by atoms with Crippen molar-refractivity contribution in [2.45, 2.75) is 25.8 Å². The number of hydrogen-bond acceptors (Lipinski definition) is 3. The summed E-state index contributed by atoms with van der Waals surface area (Å²) in [6, 6.07) is 6.67. The van der Waals surface area contributed by atoms with Gasteiger partial charge >= 0.3 is 0 Å². The second-order valence-electron chi connectivity index (χ2n) is 4.74. The lowest BCUT2D eigenvalue weighted by Crippen LogP contribution is -2.34. The van der Waals surface area contributed by atoms with Crippen LogP contribution in [-0.4, -0.2) is 26.9 Å². The molecule has 1 aliphatic rings. The maximum Gasteiger partial charge on any atom is 0.123 e. The molecule has 1 aromatic rings. The van der Waals surface area contributed by atoms with Crippen molar-refractivity contribution in [3.8, 4) is 5.75 Å². The molecule has 0 unspecified atom stereocenters. The van der Waals surface area contributed by atoms with E-state index < -0.39 is 0 Å². The molecule has 17 heavy (non-hydrogen) atoms. The van der Waals surface area contributed by atoms with E-state index >= 15 is 0 Å². The summed E-state index contributed by atoms with van der Waals surface area (Å²) >= 11 is 0. The molecule has 3 heteroatoms. The van der Waals surface area contributed by atoms with Crippen LogP contribution >= 0.6 is 0 Å². The standard InChI is InChI=1S/C14H21NO2/c1-10(2)11-4-5-14(16-3)12(8-11)13-9-17-7-6-15-13/h4-5,8,10,13,15H,6-7,9H2,1-3H3/t13-/m0/s1. The minimum atomic E-state index is 0.248. The van der Waals surface area contributed by atoms with Crippen molar-refractivity contribution >= 4 is 0 Å². The average molecular weight is 235 g/mol. The summed E-state index contributed by atoms with van der Waals surface area (Å²) in [4.78, 5) is 0. The van der Waals surface area contributed by atoms with E-state index in [1.165, 1.54) is 11.1 Å². The van der Waals surface area contributed by atoms with Gasteiger partial charge in [0.15, 0.2) is 0 Å². The molecule has 1 aromatic carbocycles. The minimum absolute atomic E-state index is 0.248. The van der Waals surface area contributed by atoms with Crippen LogP contribution in [0.3, 0.4) is 0 Å². The monoisotopic (exact) mass is 235 g/mol. The van der Waals surface area contributed by atoms with Gasteiger partial charge in [0.25, 0.3) is 0 Å². The fourth-order valence-corrected chi connectivity index (χ4v) is 2.15. The van der Waals surface area contributed by atoms with Crippen molar-refractivity contribution in [2.24, 2.45) is 0 Å². The Bertz CT molecular complexity index is 370. The van der Waals surface area contributed by atoms with E-state index in [1.807, 2.05) is 0 Å². The van der Waals surface area contributed by atoms with Crippen molar-refractivity contribution in [1.29, 1.82) is 0 Å². The van der Waals surface area contributed by atoms with Gasteiger partial charge in [-0.05, 0) is 17.5 Å². The third kappa shape index (κ3) is 2.79. The van der Waals surface area contributed by atoms with Crippen LogP contribution in [0.25, 0.3) is 0 Å². The first kappa shape index (κ1) is 12.4. The predicted octanol–water partition coefficient (Wildman–Crippen LogP) is 2.48. The maximum atomic E-state index is 5.52. The molecule has 1 fully saturated rings. The molecular weight excluding hydrogens is 214 g/mol. The van der Waals surface area contributed by atoms with Crippen LogP contribution in [0, 0.1) is 0 Å². The third-order valence-corrected chi connectivity index (χ3v) is 3.22. The van der Waals surface area contributed by atoms with Gasteiger partial charge in [0.05, 0.1) is 26.4 Å². The van der Waals surface area contributed by atoms with Gasteiger partial charge in [0.2, 0.25) is 0 Å². The molecule has 1 atom stereocenters. The lowest BCUT2D eigenvalue weighted by atomic mass is 9.96. The minimum Gasteiger partial charge on any atom is -0.496 e. The van der Waals surface area contributed by atoms with Gasteiger partial charge in [-0.15, -0.1) is 0 Å². The summed E-state index contributed by atoms with van der Waals surface area (Å²) in [7, 11) is 1.72. The first-order chi connectivity index (χ1) is 8.22. The van der Waals surface area contributed by atoms with Gasteiger partial charge in [-0.25, -0.2) is 0 Å². The number of nitrogens with one attached hydrogen (secondary N) is 1. The fraction of sp³-hybridized carbons (Fsp3) is 0.571. The molecule has 0 aromatic heterocycles. The predicted molar refractivity (Wildman–Crippen MR) is 68.6 cm³/mol. The molecule has 1 saturated heterocycles. The van der Waals surface area contributed by atoms with E-state index in [9.17, 15) is 0 Å². The molecule has 0 aliphatic carbocycles. The van der Waals surface area contributed by atoms with Gasteiger partial charge in [0.1, 0.15) is 5.75 Å². The Hall–Kier alpha value is -1.06. The fourth-order valence-electron chi connectivity index (χ4n) is 2.15. The van der Waals surface area contributed by atoms with Gasteiger partial charge in [-0.3, -0.25) is 0 Å². The summed E-state index contributed by atoms with van der Waals surface area (Å²) in [5, 5.41) is 3.47. The molecule has 1 N–H and O–H groups in total. The van der Waals surface area contributed by atoms with Crippen molar-refractivity contribution in [1.82, 2.24) is 5.32 Å². The third-order valence-electron chi connectivity index (χ3n) is 3.22. The smallest absolute Gasteiger partial charge is 0.123 e. The Morgan fingerprint density at radius 2 is 2.24 bits per heavy atom. The first-order valence-electron chi connectivity index (χ1n) is 6.21. The second-order valence-corrected chi connectivity index (χ2v) is 4.74. The number of morpholine rings is 1. The van der Waals surface area contributed by atoms with Crippen LogP contribution in [0.15, 0.2) is 18.2 Å². The molecule has 0 amide bonds. The molecular formula is C14H21NO2. The van der Waals surface area contributed by atoms with Gasteiger partial charge in [-0.2, -0.15) is 0 Å². The maximum absolute atomic E-state index is 5.52. The van der Waals surface area contributed by atoms with Crippen molar-refractivity contribution in [3.63, 3.8) is 0 Å². The van der Waals surface area contributed by atoms with E-state index in [0.29, 0.717) is 5.92 Å². The summed E-state index contributed by atoms with van der Waals surface area (Å²) in [5.41, 5.74) is 2.55. The van der Waals surface area contributed by atoms with E-state index in [-0.39, 0.29) is 6.04 Å². The molecule has 0 spiro atoms. The molecule has 0 saturated carbocycles. The van der Waals surface area contributed by atoms with Gasteiger partial charge < -0.3 is 14.8 Å². The SMILES string of the molecule is COc1ccc(C(C)C)cc1[C@@H]1COCCN1. The summed E-state index contributed by atoms with van der Waals surface area (Å²) in [6.07, 6.45) is 0. The zero-order chi connectivity index (χ0) is 12.3. The summed E-state index contributed by atoms with van der Waals surface area (Å²) < 4.78 is 11.0. The average Bonchev–Trinajstić information content (AvgIpc) is 2.39. The highest BCUT2D eigenvalue weighted by Crippen LogP contribution is 2.30. The van der Waals surface area contributed by atoms with E-state index in [0.717, 1.165) is 25.5 Å². The number of rotatable bonds is 3. The van der Waals surface area contributed by atoms with Crippen LogP contribution in [0.2, 0.25) is 0 Å². The molecule has 0 radical (unpaired) electrons. The highest BCUT2D eigenvalue weighted by molar-refractivity contribution is 5.40. The largest absolute Gasteiger partial charge is 0.496 e. The van der Waals surface area contributed by atoms with Crippen LogP contribution in [0.1, 0.15) is 36.9 Å². The quantitative estimate of drug-likeness (QED) is 0.873. The Morgan fingerprint density at radius 1 is 1.41 bits per heavy atom. The zero-order valence-electron chi connectivity index (χ0n) is 10.8. The highest BCUT2D eigenvalue weighted by Gasteiger charge is 2.19. The Labute approximate surface area is 103 Å². The second kappa shape index (κ2) is 5.52. The molecule has 1 aliphatic heterocycles. The molecule has 3 nitrogen and oxygen atoms in total. The lowest BCUT2D eigenvalue weighted by molar-refractivity contribution is 0.0760. The number of ether oxygens (including phenoxy) is 2. The van der Waals surface area contributed by atoms with Crippen LogP contribution < -0.4 is 10.1 Å². The van der Waals surface area contributed by atoms with E-state index in [4.69, 9.17) is 9.47 Å². The van der Waals surface area contributed by atoms with Crippen LogP contribution in [0.4, 0.5) is 0 Å². The van der Waals surface area contributed by atoms with Gasteiger partial charge in [0, 0.05) is 12.1 Å². The van der Waals surface area contributed by atoms with Crippen molar-refractivity contribution in [3.05, 3.63) is 29.3 Å². The number of hydrogen-bond donors (Lipinski definition) is 1. The van der Waals surface area contributed by atoms with Crippen molar-refractivity contribution < 1.29 is 9.47 Å². The Morgan fingerprint density at radius 3 is 2.82 bits per heavy atom. The Kier molecular flexibility index (Phi) is 4.02.